The van der Waals surface area contributed by atoms with E-state index in [9.17, 15) is 0 Å². The maximum Gasteiger partial charge on any atom is 0.143 e. The molecule has 0 unspecified atom stereocenters. The van der Waals surface area contributed by atoms with Gasteiger partial charge in [-0.05, 0) is 54.1 Å². The molecule has 0 aliphatic heterocycles. The summed E-state index contributed by atoms with van der Waals surface area (Å²) in [6.45, 7) is 0. The van der Waals surface area contributed by atoms with Crippen molar-refractivity contribution in [2.75, 3.05) is 0 Å². The number of nitrogens with zero attached hydrogens (tertiary/aromatic N) is 1. The SMILES string of the molecule is Clc1cc(-c2ccc3c(c2)c2ccccc2n3-c2ccccc2)c2oc3ccccc3c2c1. The van der Waals surface area contributed by atoms with E-state index >= 15 is 0 Å². The van der Waals surface area contributed by atoms with Crippen molar-refractivity contribution in [2.45, 2.75) is 0 Å². The highest BCUT2D eigenvalue weighted by Crippen LogP contribution is 2.40. The minimum Gasteiger partial charge on any atom is -0.455 e. The number of fused-ring (bicyclic) bond motifs is 6. The van der Waals surface area contributed by atoms with Crippen molar-refractivity contribution in [3.05, 3.63) is 114 Å². The molecule has 7 rings (SSSR count). The third kappa shape index (κ3) is 2.75. The minimum atomic E-state index is 0.705. The Morgan fingerprint density at radius 2 is 1.30 bits per heavy atom. The Labute approximate surface area is 195 Å². The number of para-hydroxylation sites is 3. The summed E-state index contributed by atoms with van der Waals surface area (Å²) in [6.07, 6.45) is 0. The summed E-state index contributed by atoms with van der Waals surface area (Å²) in [6, 6.07) is 37.8. The van der Waals surface area contributed by atoms with E-state index in [-0.39, 0.29) is 0 Å². The predicted octanol–water partition coefficient (Wildman–Crippen LogP) is 9.00. The van der Waals surface area contributed by atoms with Gasteiger partial charge in [-0.3, -0.25) is 0 Å². The first-order valence-electron chi connectivity index (χ1n) is 11.0. The van der Waals surface area contributed by atoms with E-state index in [0.717, 1.165) is 38.8 Å². The summed E-state index contributed by atoms with van der Waals surface area (Å²) in [7, 11) is 0. The molecule has 0 atom stereocenters. The van der Waals surface area contributed by atoms with Gasteiger partial charge in [-0.1, -0.05) is 72.3 Å². The fourth-order valence-corrected chi connectivity index (χ4v) is 5.22. The van der Waals surface area contributed by atoms with Crippen LogP contribution in [0.5, 0.6) is 0 Å². The topological polar surface area (TPSA) is 18.1 Å². The van der Waals surface area contributed by atoms with Gasteiger partial charge in [0.05, 0.1) is 11.0 Å². The smallest absolute Gasteiger partial charge is 0.143 e. The van der Waals surface area contributed by atoms with Crippen LogP contribution in [0.2, 0.25) is 5.02 Å². The van der Waals surface area contributed by atoms with Crippen LogP contribution in [0.4, 0.5) is 0 Å². The maximum absolute atomic E-state index is 6.58. The Hall–Kier alpha value is -4.01. The molecule has 2 nitrogen and oxygen atoms in total. The number of benzene rings is 5. The van der Waals surface area contributed by atoms with E-state index < -0.39 is 0 Å². The van der Waals surface area contributed by atoms with Crippen molar-refractivity contribution >= 4 is 55.3 Å². The quantitative estimate of drug-likeness (QED) is 0.260. The second-order valence-corrected chi connectivity index (χ2v) is 8.78. The van der Waals surface area contributed by atoms with Gasteiger partial charge in [-0.2, -0.15) is 0 Å². The molecular weight excluding hydrogens is 426 g/mol. The third-order valence-corrected chi connectivity index (χ3v) is 6.66. The van der Waals surface area contributed by atoms with Gasteiger partial charge in [0.1, 0.15) is 11.2 Å². The Bertz CT molecular complexity index is 1830. The van der Waals surface area contributed by atoms with Crippen molar-refractivity contribution in [1.29, 1.82) is 0 Å². The van der Waals surface area contributed by atoms with Crippen LogP contribution in [0.3, 0.4) is 0 Å². The van der Waals surface area contributed by atoms with E-state index in [0.29, 0.717) is 5.02 Å². The number of hydrogen-bond donors (Lipinski definition) is 0. The lowest BCUT2D eigenvalue weighted by molar-refractivity contribution is 0.670. The Morgan fingerprint density at radius 1 is 0.576 bits per heavy atom. The molecule has 0 N–H and O–H groups in total. The zero-order chi connectivity index (χ0) is 21.9. The third-order valence-electron chi connectivity index (χ3n) is 6.44. The zero-order valence-corrected chi connectivity index (χ0v) is 18.4. The average Bonchev–Trinajstić information content (AvgIpc) is 3.39. The Kier molecular flexibility index (Phi) is 3.93. The fourth-order valence-electron chi connectivity index (χ4n) is 5.00. The monoisotopic (exact) mass is 443 g/mol. The molecule has 5 aromatic carbocycles. The van der Waals surface area contributed by atoms with E-state index in [4.69, 9.17) is 16.0 Å². The second kappa shape index (κ2) is 6.99. The molecule has 0 amide bonds. The Morgan fingerprint density at radius 3 is 2.18 bits per heavy atom. The normalized spacial score (nSPS) is 11.8. The summed E-state index contributed by atoms with van der Waals surface area (Å²) < 4.78 is 8.63. The van der Waals surface area contributed by atoms with Gasteiger partial charge < -0.3 is 8.98 Å². The zero-order valence-electron chi connectivity index (χ0n) is 17.6. The van der Waals surface area contributed by atoms with Gasteiger partial charge in [0.2, 0.25) is 0 Å². The van der Waals surface area contributed by atoms with E-state index in [2.05, 4.69) is 77.4 Å². The number of halogens is 1. The van der Waals surface area contributed by atoms with Crippen molar-refractivity contribution in [2.24, 2.45) is 0 Å². The summed E-state index contributed by atoms with van der Waals surface area (Å²) in [4.78, 5) is 0. The van der Waals surface area contributed by atoms with E-state index in [1.54, 1.807) is 0 Å². The van der Waals surface area contributed by atoms with E-state index in [1.807, 2.05) is 36.4 Å². The first-order chi connectivity index (χ1) is 16.3. The standard InChI is InChI=1S/C30H18ClNO/c31-20-17-24(30-26(18-20)23-11-5-7-13-29(23)33-30)19-14-15-28-25(16-19)22-10-4-6-12-27(22)32(28)21-8-2-1-3-9-21/h1-18H. The van der Waals surface area contributed by atoms with E-state index in [1.165, 1.54) is 21.8 Å². The molecule has 7 aromatic rings. The van der Waals surface area contributed by atoms with Gasteiger partial charge in [0, 0.05) is 37.8 Å². The van der Waals surface area contributed by atoms with Crippen LogP contribution in [0.25, 0.3) is 60.6 Å². The lowest BCUT2D eigenvalue weighted by Crippen LogP contribution is -1.92. The van der Waals surface area contributed by atoms with Crippen LogP contribution in [-0.4, -0.2) is 4.57 Å². The lowest BCUT2D eigenvalue weighted by Gasteiger charge is -2.08. The first-order valence-corrected chi connectivity index (χ1v) is 11.4. The molecule has 0 fully saturated rings. The molecule has 0 spiro atoms. The minimum absolute atomic E-state index is 0.705. The molecule has 0 radical (unpaired) electrons. The van der Waals surface area contributed by atoms with Crippen LogP contribution >= 0.6 is 11.6 Å². The molecule has 156 valence electrons. The summed E-state index contributed by atoms with van der Waals surface area (Å²) in [5.41, 5.74) is 7.35. The second-order valence-electron chi connectivity index (χ2n) is 8.35. The molecule has 33 heavy (non-hydrogen) atoms. The highest BCUT2D eigenvalue weighted by molar-refractivity contribution is 6.32. The number of rotatable bonds is 2. The number of furan rings is 1. The van der Waals surface area contributed by atoms with Gasteiger partial charge in [-0.25, -0.2) is 0 Å². The fraction of sp³-hybridized carbons (Fsp3) is 0. The maximum atomic E-state index is 6.58. The van der Waals surface area contributed by atoms with Crippen LogP contribution in [0.1, 0.15) is 0 Å². The molecule has 0 aliphatic rings. The average molecular weight is 444 g/mol. The molecule has 0 saturated heterocycles. The molecular formula is C30H18ClNO. The highest BCUT2D eigenvalue weighted by atomic mass is 35.5. The summed E-state index contributed by atoms with van der Waals surface area (Å²) >= 11 is 6.58. The van der Waals surface area contributed by atoms with Crippen LogP contribution in [0.15, 0.2) is 114 Å². The predicted molar refractivity (Wildman–Crippen MR) is 139 cm³/mol. The van der Waals surface area contributed by atoms with Gasteiger partial charge >= 0.3 is 0 Å². The molecule has 3 heteroatoms. The van der Waals surface area contributed by atoms with Gasteiger partial charge in [0.25, 0.3) is 0 Å². The summed E-state index contributed by atoms with van der Waals surface area (Å²) in [5.74, 6) is 0. The van der Waals surface area contributed by atoms with Crippen molar-refractivity contribution in [3.8, 4) is 16.8 Å². The van der Waals surface area contributed by atoms with Crippen molar-refractivity contribution in [1.82, 2.24) is 4.57 Å². The van der Waals surface area contributed by atoms with Crippen molar-refractivity contribution in [3.63, 3.8) is 0 Å². The van der Waals surface area contributed by atoms with Crippen LogP contribution < -0.4 is 0 Å². The van der Waals surface area contributed by atoms with Gasteiger partial charge in [-0.15, -0.1) is 0 Å². The molecule has 0 bridgehead atoms. The summed E-state index contributed by atoms with van der Waals surface area (Å²) in [5, 5.41) is 5.26. The van der Waals surface area contributed by atoms with Gasteiger partial charge in [0.15, 0.2) is 0 Å². The molecule has 0 saturated carbocycles. The largest absolute Gasteiger partial charge is 0.455 e. The highest BCUT2D eigenvalue weighted by Gasteiger charge is 2.16. The van der Waals surface area contributed by atoms with Crippen LogP contribution in [0, 0.1) is 0 Å². The number of aromatic nitrogens is 1. The van der Waals surface area contributed by atoms with Crippen molar-refractivity contribution < 1.29 is 4.42 Å². The van der Waals surface area contributed by atoms with Crippen LogP contribution in [-0.2, 0) is 0 Å². The molecule has 2 aromatic heterocycles. The Balaban J connectivity index is 1.55. The first kappa shape index (κ1) is 18.6. The lowest BCUT2D eigenvalue weighted by atomic mass is 10.00. The molecule has 2 heterocycles. The molecule has 0 aliphatic carbocycles. The number of hydrogen-bond acceptors (Lipinski definition) is 1.